The van der Waals surface area contributed by atoms with Gasteiger partial charge in [-0.25, -0.2) is 0 Å². The molecule has 4 nitrogen and oxygen atoms in total. The van der Waals surface area contributed by atoms with Crippen LogP contribution in [-0.2, 0) is 33.5 Å². The van der Waals surface area contributed by atoms with E-state index in [1.165, 1.54) is 0 Å². The Kier molecular flexibility index (Phi) is 6.83. The third-order valence-electron chi connectivity index (χ3n) is 4.66. The third kappa shape index (κ3) is 5.55. The van der Waals surface area contributed by atoms with Gasteiger partial charge in [0, 0.05) is 27.9 Å². The standard InChI is InChI=1S/C24H24O4S/c1-17-8-10-21(22-13-19(14-24(25)26)9-11-23(22)28-2)20(12-17)16-29(27)15-18-6-4-3-5-7-18/h3-13H,14-16H2,1-2H3,(H,25,26). The van der Waals surface area contributed by atoms with E-state index in [0.29, 0.717) is 22.8 Å². The molecule has 0 aliphatic rings. The van der Waals surface area contributed by atoms with Crippen LogP contribution < -0.4 is 4.74 Å². The van der Waals surface area contributed by atoms with Crippen molar-refractivity contribution in [2.75, 3.05) is 7.11 Å². The Labute approximate surface area is 173 Å². The molecule has 29 heavy (non-hydrogen) atoms. The second-order valence-electron chi connectivity index (χ2n) is 6.98. The molecular formula is C24H24O4S. The van der Waals surface area contributed by atoms with Crippen molar-refractivity contribution in [3.8, 4) is 16.9 Å². The zero-order valence-electron chi connectivity index (χ0n) is 16.6. The summed E-state index contributed by atoms with van der Waals surface area (Å²) in [5.74, 6) is 0.690. The number of methoxy groups -OCH3 is 1. The van der Waals surface area contributed by atoms with Gasteiger partial charge in [0.15, 0.2) is 0 Å². The van der Waals surface area contributed by atoms with Crippen LogP contribution in [0.1, 0.15) is 22.3 Å². The number of aryl methyl sites for hydroxylation is 1. The van der Waals surface area contributed by atoms with Gasteiger partial charge in [-0.1, -0.05) is 60.2 Å². The topological polar surface area (TPSA) is 63.6 Å². The molecule has 1 unspecified atom stereocenters. The molecule has 1 N–H and O–H groups in total. The van der Waals surface area contributed by atoms with Crippen molar-refractivity contribution in [2.24, 2.45) is 0 Å². The summed E-state index contributed by atoms with van der Waals surface area (Å²) < 4.78 is 18.4. The van der Waals surface area contributed by atoms with Gasteiger partial charge in [0.2, 0.25) is 0 Å². The van der Waals surface area contributed by atoms with Gasteiger partial charge >= 0.3 is 5.97 Å². The Bertz CT molecular complexity index is 1030. The molecule has 0 aliphatic heterocycles. The highest BCUT2D eigenvalue weighted by Crippen LogP contribution is 2.34. The first kappa shape index (κ1) is 20.8. The fourth-order valence-corrected chi connectivity index (χ4v) is 4.59. The number of ether oxygens (including phenoxy) is 1. The average Bonchev–Trinajstić information content (AvgIpc) is 2.68. The molecule has 0 saturated carbocycles. The molecule has 0 aliphatic carbocycles. The highest BCUT2D eigenvalue weighted by Gasteiger charge is 2.15. The van der Waals surface area contributed by atoms with Crippen molar-refractivity contribution in [2.45, 2.75) is 24.9 Å². The number of hydrogen-bond donors (Lipinski definition) is 1. The van der Waals surface area contributed by atoms with Gasteiger partial charge in [-0.05, 0) is 41.3 Å². The van der Waals surface area contributed by atoms with E-state index in [1.54, 1.807) is 19.2 Å². The van der Waals surface area contributed by atoms with Crippen LogP contribution in [-0.4, -0.2) is 22.4 Å². The van der Waals surface area contributed by atoms with Gasteiger partial charge in [-0.2, -0.15) is 0 Å². The first-order valence-corrected chi connectivity index (χ1v) is 10.8. The van der Waals surface area contributed by atoms with Crippen molar-refractivity contribution in [3.05, 3.63) is 89.0 Å². The van der Waals surface area contributed by atoms with Crippen LogP contribution in [0.25, 0.3) is 11.1 Å². The molecule has 150 valence electrons. The van der Waals surface area contributed by atoms with Crippen molar-refractivity contribution in [1.29, 1.82) is 0 Å². The minimum absolute atomic E-state index is 0.0574. The monoisotopic (exact) mass is 408 g/mol. The minimum atomic E-state index is -1.07. The van der Waals surface area contributed by atoms with E-state index >= 15 is 0 Å². The molecule has 0 heterocycles. The molecule has 5 heteroatoms. The summed E-state index contributed by atoms with van der Waals surface area (Å²) in [6, 6.07) is 21.2. The van der Waals surface area contributed by atoms with Gasteiger partial charge in [0.05, 0.1) is 13.5 Å². The molecule has 3 rings (SSSR count). The highest BCUT2D eigenvalue weighted by atomic mass is 32.2. The maximum atomic E-state index is 12.8. The lowest BCUT2D eigenvalue weighted by molar-refractivity contribution is -0.136. The van der Waals surface area contributed by atoms with Crippen molar-refractivity contribution in [3.63, 3.8) is 0 Å². The van der Waals surface area contributed by atoms with Gasteiger partial charge in [0.1, 0.15) is 5.75 Å². The molecule has 0 aromatic heterocycles. The van der Waals surface area contributed by atoms with Crippen molar-refractivity contribution in [1.82, 2.24) is 0 Å². The van der Waals surface area contributed by atoms with Crippen molar-refractivity contribution < 1.29 is 18.8 Å². The van der Waals surface area contributed by atoms with Gasteiger partial charge in [0.25, 0.3) is 0 Å². The molecule has 0 fully saturated rings. The summed E-state index contributed by atoms with van der Waals surface area (Å²) in [5, 5.41) is 9.13. The Balaban J connectivity index is 1.96. The Morgan fingerprint density at radius 2 is 1.69 bits per heavy atom. The van der Waals surface area contributed by atoms with Crippen LogP contribution >= 0.6 is 0 Å². The van der Waals surface area contributed by atoms with Crippen LogP contribution in [0.5, 0.6) is 5.75 Å². The summed E-state index contributed by atoms with van der Waals surface area (Å²) in [6.07, 6.45) is -0.0574. The SMILES string of the molecule is COc1ccc(CC(=O)O)cc1-c1ccc(C)cc1CS(=O)Cc1ccccc1. The molecule has 0 amide bonds. The highest BCUT2D eigenvalue weighted by molar-refractivity contribution is 7.83. The van der Waals surface area contributed by atoms with E-state index in [1.807, 2.05) is 61.5 Å². The summed E-state index contributed by atoms with van der Waals surface area (Å²) in [4.78, 5) is 11.1. The lowest BCUT2D eigenvalue weighted by atomic mass is 9.95. The van der Waals surface area contributed by atoms with Crippen molar-refractivity contribution >= 4 is 16.8 Å². The van der Waals surface area contributed by atoms with Crippen LogP contribution in [0.2, 0.25) is 0 Å². The molecule has 0 spiro atoms. The van der Waals surface area contributed by atoms with Gasteiger partial charge in [-0.15, -0.1) is 0 Å². The first-order valence-electron chi connectivity index (χ1n) is 9.34. The van der Waals surface area contributed by atoms with E-state index in [2.05, 4.69) is 0 Å². The molecule has 1 atom stereocenters. The zero-order chi connectivity index (χ0) is 20.8. The summed E-state index contributed by atoms with van der Waals surface area (Å²) in [5.41, 5.74) is 5.52. The quantitative estimate of drug-likeness (QED) is 0.584. The maximum Gasteiger partial charge on any atom is 0.307 e. The number of aliphatic carboxylic acids is 1. The molecule has 0 saturated heterocycles. The zero-order valence-corrected chi connectivity index (χ0v) is 17.4. The normalized spacial score (nSPS) is 11.8. The second-order valence-corrected chi connectivity index (χ2v) is 8.44. The molecule has 3 aromatic rings. The first-order chi connectivity index (χ1) is 14.0. The Morgan fingerprint density at radius 1 is 0.931 bits per heavy atom. The fraction of sp³-hybridized carbons (Fsp3) is 0.208. The summed E-state index contributed by atoms with van der Waals surface area (Å²) >= 11 is 0. The average molecular weight is 409 g/mol. The Morgan fingerprint density at radius 3 is 2.38 bits per heavy atom. The molecule has 3 aromatic carbocycles. The largest absolute Gasteiger partial charge is 0.496 e. The number of carbonyl (C=O) groups is 1. The number of rotatable bonds is 8. The lowest BCUT2D eigenvalue weighted by Crippen LogP contribution is -2.03. The summed E-state index contributed by atoms with van der Waals surface area (Å²) in [6.45, 7) is 2.01. The molecular weight excluding hydrogens is 384 g/mol. The summed E-state index contributed by atoms with van der Waals surface area (Å²) in [7, 11) is 0.522. The van der Waals surface area contributed by atoms with Crippen LogP contribution in [0.4, 0.5) is 0 Å². The van der Waals surface area contributed by atoms with E-state index in [4.69, 9.17) is 9.84 Å². The predicted octanol–water partition coefficient (Wildman–Crippen LogP) is 4.75. The number of benzene rings is 3. The lowest BCUT2D eigenvalue weighted by Gasteiger charge is -2.15. The number of carboxylic acids is 1. The van der Waals surface area contributed by atoms with E-state index in [-0.39, 0.29) is 6.42 Å². The number of carboxylic acid groups (broad SMARTS) is 1. The van der Waals surface area contributed by atoms with Crippen LogP contribution in [0.15, 0.2) is 66.7 Å². The maximum absolute atomic E-state index is 12.8. The molecule has 0 radical (unpaired) electrons. The van der Waals surface area contributed by atoms with E-state index in [0.717, 1.165) is 27.8 Å². The second kappa shape index (κ2) is 9.52. The minimum Gasteiger partial charge on any atom is -0.496 e. The van der Waals surface area contributed by atoms with E-state index < -0.39 is 16.8 Å². The van der Waals surface area contributed by atoms with Crippen LogP contribution in [0, 0.1) is 6.92 Å². The number of hydrogen-bond acceptors (Lipinski definition) is 3. The van der Waals surface area contributed by atoms with Crippen LogP contribution in [0.3, 0.4) is 0 Å². The Hall–Kier alpha value is -2.92. The van der Waals surface area contributed by atoms with E-state index in [9.17, 15) is 9.00 Å². The van der Waals surface area contributed by atoms with Gasteiger partial charge in [-0.3, -0.25) is 9.00 Å². The smallest absolute Gasteiger partial charge is 0.307 e. The predicted molar refractivity (Wildman–Crippen MR) is 116 cm³/mol. The fourth-order valence-electron chi connectivity index (χ4n) is 3.34. The molecule has 0 bridgehead atoms. The van der Waals surface area contributed by atoms with Gasteiger partial charge < -0.3 is 9.84 Å². The third-order valence-corrected chi connectivity index (χ3v) is 5.95.